The number of amides is 2. The molecule has 3 heterocycles. The van der Waals surface area contributed by atoms with Gasteiger partial charge in [0.15, 0.2) is 5.76 Å². The van der Waals surface area contributed by atoms with Crippen molar-refractivity contribution < 1.29 is 38.1 Å². The molecule has 2 aromatic carbocycles. The minimum absolute atomic E-state index is 0.00519. The molecule has 11 heteroatoms. The maximum atomic E-state index is 14.5. The van der Waals surface area contributed by atoms with E-state index in [-0.39, 0.29) is 31.7 Å². The van der Waals surface area contributed by atoms with Gasteiger partial charge in [-0.1, -0.05) is 0 Å². The van der Waals surface area contributed by atoms with Crippen molar-refractivity contribution in [1.82, 2.24) is 14.8 Å². The van der Waals surface area contributed by atoms with Crippen LogP contribution >= 0.6 is 0 Å². The standard InChI is InChI=1S/C31H34FN3O7/c1-40-22-6-5-18-9-25(35(24(18)13-22)14-17-3-4-17)29-23(7-8-36)28-26(41-2)10-19(11-27(28)42-29)30(37)34-15-20(32)12-21(16-34)33-31(38)39/h5-6,9-11,13,17,20-21,33,36H,3-4,7-8,12,14-16H2,1-2H3,(H,38,39)/t20-,21-/m1/s1. The molecule has 1 aliphatic carbocycles. The average molecular weight is 580 g/mol. The Balaban J connectivity index is 1.46. The molecule has 42 heavy (non-hydrogen) atoms. The molecular formula is C31H34FN3O7. The second-order valence-electron chi connectivity index (χ2n) is 11.1. The number of aliphatic hydroxyl groups is 1. The summed E-state index contributed by atoms with van der Waals surface area (Å²) >= 11 is 0. The molecular weight excluding hydrogens is 545 g/mol. The summed E-state index contributed by atoms with van der Waals surface area (Å²) in [5, 5.41) is 23.1. The molecule has 0 unspecified atom stereocenters. The van der Waals surface area contributed by atoms with Crippen LogP contribution < -0.4 is 14.8 Å². The van der Waals surface area contributed by atoms with Gasteiger partial charge in [0, 0.05) is 55.1 Å². The van der Waals surface area contributed by atoms with Crippen molar-refractivity contribution >= 4 is 33.9 Å². The molecule has 2 aliphatic rings. The first-order chi connectivity index (χ1) is 20.3. The number of ether oxygens (including phenoxy) is 2. The van der Waals surface area contributed by atoms with Gasteiger partial charge in [0.25, 0.3) is 5.91 Å². The van der Waals surface area contributed by atoms with E-state index < -0.39 is 24.2 Å². The van der Waals surface area contributed by atoms with E-state index in [0.717, 1.165) is 47.3 Å². The van der Waals surface area contributed by atoms with Crippen LogP contribution in [0.3, 0.4) is 0 Å². The third kappa shape index (κ3) is 5.24. The first-order valence-electron chi connectivity index (χ1n) is 14.1. The van der Waals surface area contributed by atoms with Gasteiger partial charge in [0.1, 0.15) is 23.3 Å². The summed E-state index contributed by atoms with van der Waals surface area (Å²) in [6.07, 6.45) is 0.00468. The number of nitrogens with zero attached hydrogens (tertiary/aromatic N) is 2. The van der Waals surface area contributed by atoms with E-state index in [0.29, 0.717) is 34.8 Å². The van der Waals surface area contributed by atoms with Crippen molar-refractivity contribution in [1.29, 1.82) is 0 Å². The lowest BCUT2D eigenvalue weighted by atomic mass is 10.0. The van der Waals surface area contributed by atoms with E-state index in [1.54, 1.807) is 19.2 Å². The molecule has 2 fully saturated rings. The van der Waals surface area contributed by atoms with Crippen LogP contribution in [0.15, 0.2) is 40.8 Å². The quantitative estimate of drug-likeness (QED) is 0.259. The number of alkyl halides is 1. The number of nitrogens with one attached hydrogen (secondary N) is 1. The second kappa shape index (κ2) is 11.2. The average Bonchev–Trinajstić information content (AvgIpc) is 3.62. The predicted molar refractivity (Wildman–Crippen MR) is 154 cm³/mol. The highest BCUT2D eigenvalue weighted by Crippen LogP contribution is 2.43. The van der Waals surface area contributed by atoms with E-state index in [9.17, 15) is 19.1 Å². The first-order valence-corrected chi connectivity index (χ1v) is 14.1. The number of likely N-dealkylation sites (tertiary alicyclic amines) is 1. The van der Waals surface area contributed by atoms with Gasteiger partial charge < -0.3 is 38.9 Å². The first kappa shape index (κ1) is 27.9. The monoisotopic (exact) mass is 579 g/mol. The number of aliphatic hydroxyl groups excluding tert-OH is 1. The molecule has 4 aromatic rings. The molecule has 3 N–H and O–H groups in total. The number of hydrogen-bond acceptors (Lipinski definition) is 6. The summed E-state index contributed by atoms with van der Waals surface area (Å²) in [5.41, 5.74) is 3.29. The Hall–Kier alpha value is -4.25. The molecule has 0 radical (unpaired) electrons. The third-order valence-corrected chi connectivity index (χ3v) is 8.18. The molecule has 2 atom stereocenters. The zero-order valence-electron chi connectivity index (χ0n) is 23.6. The highest BCUT2D eigenvalue weighted by Gasteiger charge is 2.33. The molecule has 2 aromatic heterocycles. The van der Waals surface area contributed by atoms with Crippen molar-refractivity contribution in [2.75, 3.05) is 33.9 Å². The Morgan fingerprint density at radius 1 is 1.12 bits per heavy atom. The van der Waals surface area contributed by atoms with Crippen molar-refractivity contribution in [3.8, 4) is 23.0 Å². The topological polar surface area (TPSA) is 126 Å². The molecule has 1 aliphatic heterocycles. The Labute approximate surface area is 241 Å². The lowest BCUT2D eigenvalue weighted by Gasteiger charge is -2.34. The minimum Gasteiger partial charge on any atom is -0.497 e. The summed E-state index contributed by atoms with van der Waals surface area (Å²) in [6, 6.07) is 10.5. The number of rotatable bonds is 9. The molecule has 222 valence electrons. The van der Waals surface area contributed by atoms with Crippen LogP contribution in [0.5, 0.6) is 11.5 Å². The molecule has 1 saturated heterocycles. The summed E-state index contributed by atoms with van der Waals surface area (Å²) < 4.78 is 34.5. The number of aromatic nitrogens is 1. The van der Waals surface area contributed by atoms with Gasteiger partial charge in [0.05, 0.1) is 43.4 Å². The fourth-order valence-electron chi connectivity index (χ4n) is 6.06. The summed E-state index contributed by atoms with van der Waals surface area (Å²) in [7, 11) is 3.14. The van der Waals surface area contributed by atoms with Crippen LogP contribution in [0.2, 0.25) is 0 Å². The number of furan rings is 1. The van der Waals surface area contributed by atoms with Crippen LogP contribution in [0.4, 0.5) is 9.18 Å². The summed E-state index contributed by atoms with van der Waals surface area (Å²) in [6.45, 7) is 0.607. The van der Waals surface area contributed by atoms with E-state index in [2.05, 4.69) is 16.0 Å². The van der Waals surface area contributed by atoms with E-state index in [1.807, 2.05) is 18.2 Å². The summed E-state index contributed by atoms with van der Waals surface area (Å²) in [5.74, 6) is 1.85. The Bertz CT molecular complexity index is 1660. The lowest BCUT2D eigenvalue weighted by molar-refractivity contribution is 0.0577. The highest BCUT2D eigenvalue weighted by atomic mass is 19.1. The number of carbonyl (C=O) groups excluding carboxylic acids is 1. The van der Waals surface area contributed by atoms with Crippen molar-refractivity contribution in [3.05, 3.63) is 47.5 Å². The largest absolute Gasteiger partial charge is 0.497 e. The zero-order valence-corrected chi connectivity index (χ0v) is 23.6. The van der Waals surface area contributed by atoms with Gasteiger partial charge in [0.2, 0.25) is 0 Å². The number of methoxy groups -OCH3 is 2. The maximum absolute atomic E-state index is 14.5. The Morgan fingerprint density at radius 2 is 1.93 bits per heavy atom. The predicted octanol–water partition coefficient (Wildman–Crippen LogP) is 4.84. The Kier molecular flexibility index (Phi) is 7.44. The number of hydrogen-bond donors (Lipinski definition) is 3. The number of carbonyl (C=O) groups is 2. The zero-order chi connectivity index (χ0) is 29.5. The molecule has 0 spiro atoms. The number of benzene rings is 2. The van der Waals surface area contributed by atoms with Crippen LogP contribution in [-0.4, -0.2) is 77.8 Å². The van der Waals surface area contributed by atoms with Crippen molar-refractivity contribution in [3.63, 3.8) is 0 Å². The van der Waals surface area contributed by atoms with Crippen molar-refractivity contribution in [2.24, 2.45) is 5.92 Å². The molecule has 6 rings (SSSR count). The number of piperidine rings is 1. The van der Waals surface area contributed by atoms with Crippen LogP contribution in [0, 0.1) is 5.92 Å². The third-order valence-electron chi connectivity index (χ3n) is 8.18. The van der Waals surface area contributed by atoms with Crippen LogP contribution in [-0.2, 0) is 13.0 Å². The van der Waals surface area contributed by atoms with Crippen LogP contribution in [0.25, 0.3) is 33.3 Å². The maximum Gasteiger partial charge on any atom is 0.404 e. The smallest absolute Gasteiger partial charge is 0.404 e. The van der Waals surface area contributed by atoms with Gasteiger partial charge in [-0.2, -0.15) is 0 Å². The molecule has 1 saturated carbocycles. The molecule has 2 amide bonds. The van der Waals surface area contributed by atoms with Crippen molar-refractivity contribution in [2.45, 2.75) is 44.4 Å². The van der Waals surface area contributed by atoms with E-state index in [4.69, 9.17) is 19.0 Å². The highest BCUT2D eigenvalue weighted by molar-refractivity contribution is 6.02. The lowest BCUT2D eigenvalue weighted by Crippen LogP contribution is -2.53. The van der Waals surface area contributed by atoms with Crippen LogP contribution in [0.1, 0.15) is 35.2 Å². The number of carboxylic acid groups (broad SMARTS) is 1. The fraction of sp³-hybridized carbons (Fsp3) is 0.419. The van der Waals surface area contributed by atoms with Gasteiger partial charge in [-0.25, -0.2) is 9.18 Å². The number of halogens is 1. The van der Waals surface area contributed by atoms with E-state index >= 15 is 0 Å². The molecule has 10 nitrogen and oxygen atoms in total. The SMILES string of the molecule is COc1ccc2cc(-c3oc4cc(C(=O)N5C[C@H](F)C[C@@H](NC(=O)O)C5)cc(OC)c4c3CCO)n(CC3CC3)c2c1. The fourth-order valence-corrected chi connectivity index (χ4v) is 6.06. The summed E-state index contributed by atoms with van der Waals surface area (Å²) in [4.78, 5) is 26.0. The second-order valence-corrected chi connectivity index (χ2v) is 11.1. The van der Waals surface area contributed by atoms with Gasteiger partial charge >= 0.3 is 6.09 Å². The van der Waals surface area contributed by atoms with Gasteiger partial charge in [-0.15, -0.1) is 0 Å². The van der Waals surface area contributed by atoms with Gasteiger partial charge in [-0.3, -0.25) is 4.79 Å². The number of fused-ring (bicyclic) bond motifs is 2. The van der Waals surface area contributed by atoms with E-state index in [1.165, 1.54) is 12.0 Å². The molecule has 0 bridgehead atoms. The van der Waals surface area contributed by atoms with Gasteiger partial charge in [-0.05, 0) is 49.1 Å². The Morgan fingerprint density at radius 3 is 2.62 bits per heavy atom. The normalized spacial score (nSPS) is 18.9. The minimum atomic E-state index is -1.36.